The molecule has 202 valence electrons. The van der Waals surface area contributed by atoms with Gasteiger partial charge in [0.05, 0.1) is 12.1 Å². The topological polar surface area (TPSA) is 70.1 Å². The molecule has 1 spiro atoms. The van der Waals surface area contributed by atoms with Crippen LogP contribution in [0.4, 0.5) is 23.7 Å². The number of carbonyl (C=O) groups is 2. The molecule has 2 saturated heterocycles. The van der Waals surface area contributed by atoms with Gasteiger partial charge in [0.2, 0.25) is 0 Å². The molecule has 2 aliphatic heterocycles. The average molecular weight is 537 g/mol. The van der Waals surface area contributed by atoms with Crippen molar-refractivity contribution in [2.24, 2.45) is 0 Å². The number of fused-ring (bicyclic) bond motifs is 1. The van der Waals surface area contributed by atoms with Gasteiger partial charge in [-0.1, -0.05) is 12.1 Å². The first kappa shape index (κ1) is 25.4. The first-order chi connectivity index (χ1) is 18.7. The maximum absolute atomic E-state index is 14.8. The van der Waals surface area contributed by atoms with E-state index in [1.54, 1.807) is 12.1 Å². The molecule has 1 amide bonds. The van der Waals surface area contributed by atoms with Crippen LogP contribution < -0.4 is 4.90 Å². The average Bonchev–Trinajstić information content (AvgIpc) is 3.51. The van der Waals surface area contributed by atoms with Crippen molar-refractivity contribution in [2.45, 2.75) is 44.2 Å². The van der Waals surface area contributed by atoms with Gasteiger partial charge >= 0.3 is 12.1 Å². The molecule has 0 saturated carbocycles. The highest BCUT2D eigenvalue weighted by atomic mass is 19.2. The minimum atomic E-state index is -1.21. The van der Waals surface area contributed by atoms with Gasteiger partial charge in [-0.2, -0.15) is 0 Å². The molecule has 0 unspecified atom stereocenters. The number of nitrogens with zero attached hydrogens (tertiary/aromatic N) is 2. The van der Waals surface area contributed by atoms with Crippen molar-refractivity contribution in [1.82, 2.24) is 4.90 Å². The number of anilines is 1. The minimum Gasteiger partial charge on any atom is -0.478 e. The van der Waals surface area contributed by atoms with Gasteiger partial charge in [-0.15, -0.1) is 0 Å². The molecule has 2 fully saturated rings. The Hall–Kier alpha value is -3.85. The summed E-state index contributed by atoms with van der Waals surface area (Å²) in [5.41, 5.74) is 3.90. The molecule has 1 N–H and O–H groups in total. The zero-order valence-corrected chi connectivity index (χ0v) is 21.2. The predicted molar refractivity (Wildman–Crippen MR) is 138 cm³/mol. The molecule has 1 aliphatic carbocycles. The normalized spacial score (nSPS) is 18.4. The zero-order valence-electron chi connectivity index (χ0n) is 21.2. The Bertz CT molecular complexity index is 1470. The number of hydrogen-bond donors (Lipinski definition) is 1. The number of carbonyl (C=O) groups excluding carboxylic acids is 1. The Morgan fingerprint density at radius 1 is 0.897 bits per heavy atom. The number of amides is 1. The molecule has 6 nitrogen and oxygen atoms in total. The second-order valence-corrected chi connectivity index (χ2v) is 10.6. The number of carboxylic acids is 1. The maximum atomic E-state index is 14.8. The lowest BCUT2D eigenvalue weighted by Crippen LogP contribution is -2.46. The summed E-state index contributed by atoms with van der Waals surface area (Å²) in [7, 11) is 0. The Morgan fingerprint density at radius 2 is 1.56 bits per heavy atom. The fourth-order valence-electron chi connectivity index (χ4n) is 6.01. The molecule has 0 bridgehead atoms. The third-order valence-corrected chi connectivity index (χ3v) is 8.18. The second kappa shape index (κ2) is 9.72. The molecule has 6 rings (SSSR count). The fraction of sp³-hybridized carbons (Fsp3) is 0.333. The predicted octanol–water partition coefficient (Wildman–Crippen LogP) is 5.95. The molecule has 0 aromatic heterocycles. The van der Waals surface area contributed by atoms with Gasteiger partial charge < -0.3 is 9.84 Å². The van der Waals surface area contributed by atoms with Crippen LogP contribution in [0.15, 0.2) is 48.5 Å². The number of halogens is 3. The summed E-state index contributed by atoms with van der Waals surface area (Å²) in [6.45, 7) is 2.15. The van der Waals surface area contributed by atoms with Gasteiger partial charge in [0.15, 0.2) is 11.6 Å². The summed E-state index contributed by atoms with van der Waals surface area (Å²) in [6.07, 6.45) is 3.56. The SMILES string of the molecule is O=C(O)c1ccc(N2CC3(CCN(Cc4cc5c(cc4-c4cc(F)c(F)cc4F)CCC5)CC3)OC2=O)cc1. The Labute approximate surface area is 223 Å². The zero-order chi connectivity index (χ0) is 27.3. The summed E-state index contributed by atoms with van der Waals surface area (Å²) in [6, 6.07) is 11.7. The number of likely N-dealkylation sites (tertiary alicyclic amines) is 1. The molecule has 39 heavy (non-hydrogen) atoms. The number of hydrogen-bond acceptors (Lipinski definition) is 4. The summed E-state index contributed by atoms with van der Waals surface area (Å²) in [5, 5.41) is 9.13. The van der Waals surface area contributed by atoms with Crippen molar-refractivity contribution >= 4 is 17.7 Å². The van der Waals surface area contributed by atoms with E-state index in [0.29, 0.717) is 56.3 Å². The van der Waals surface area contributed by atoms with Crippen LogP contribution in [-0.4, -0.2) is 47.3 Å². The van der Waals surface area contributed by atoms with E-state index in [0.717, 1.165) is 36.5 Å². The first-order valence-corrected chi connectivity index (χ1v) is 13.1. The third kappa shape index (κ3) is 4.76. The molecule has 0 radical (unpaired) electrons. The Kier molecular flexibility index (Phi) is 6.33. The third-order valence-electron chi connectivity index (χ3n) is 8.18. The standard InChI is InChI=1S/C30H27F3N2O4/c31-25-15-27(33)26(32)14-24(25)23-13-20-3-1-2-19(20)12-21(23)16-34-10-8-30(9-11-34)17-35(29(38)39-30)22-6-4-18(5-7-22)28(36)37/h4-7,12-15H,1-3,8-11,16-17H2,(H,36,37). The lowest BCUT2D eigenvalue weighted by atomic mass is 9.89. The molecule has 0 atom stereocenters. The Morgan fingerprint density at radius 3 is 2.26 bits per heavy atom. The van der Waals surface area contributed by atoms with E-state index < -0.39 is 35.1 Å². The van der Waals surface area contributed by atoms with Crippen molar-refractivity contribution in [3.05, 3.63) is 88.2 Å². The molecular formula is C30H27F3N2O4. The van der Waals surface area contributed by atoms with E-state index in [1.165, 1.54) is 22.6 Å². The van der Waals surface area contributed by atoms with E-state index in [4.69, 9.17) is 9.84 Å². The highest BCUT2D eigenvalue weighted by Gasteiger charge is 2.47. The molecule has 9 heteroatoms. The van der Waals surface area contributed by atoms with Crippen LogP contribution in [0, 0.1) is 17.5 Å². The Balaban J connectivity index is 1.19. The molecule has 2 heterocycles. The van der Waals surface area contributed by atoms with Crippen LogP contribution in [0.3, 0.4) is 0 Å². The minimum absolute atomic E-state index is 0.0568. The van der Waals surface area contributed by atoms with Crippen LogP contribution in [0.1, 0.15) is 46.3 Å². The van der Waals surface area contributed by atoms with Gasteiger partial charge in [0.25, 0.3) is 0 Å². The maximum Gasteiger partial charge on any atom is 0.415 e. The summed E-state index contributed by atoms with van der Waals surface area (Å²) < 4.78 is 48.4. The molecule has 3 aromatic rings. The van der Waals surface area contributed by atoms with Gasteiger partial charge in [-0.3, -0.25) is 9.80 Å². The van der Waals surface area contributed by atoms with Gasteiger partial charge in [-0.25, -0.2) is 22.8 Å². The first-order valence-electron chi connectivity index (χ1n) is 13.1. The number of piperidine rings is 1. The van der Waals surface area contributed by atoms with Crippen LogP contribution in [0.25, 0.3) is 11.1 Å². The highest BCUT2D eigenvalue weighted by molar-refractivity contribution is 5.92. The van der Waals surface area contributed by atoms with E-state index in [1.807, 2.05) is 6.07 Å². The quantitative estimate of drug-likeness (QED) is 0.408. The number of ether oxygens (including phenoxy) is 1. The highest BCUT2D eigenvalue weighted by Crippen LogP contribution is 2.38. The lowest BCUT2D eigenvalue weighted by Gasteiger charge is -2.37. The number of aryl methyl sites for hydroxylation is 2. The van der Waals surface area contributed by atoms with Crippen LogP contribution in [0.2, 0.25) is 0 Å². The smallest absolute Gasteiger partial charge is 0.415 e. The van der Waals surface area contributed by atoms with E-state index in [9.17, 15) is 22.8 Å². The van der Waals surface area contributed by atoms with Crippen LogP contribution in [0.5, 0.6) is 0 Å². The summed E-state index contributed by atoms with van der Waals surface area (Å²) in [5.74, 6) is -4.12. The lowest BCUT2D eigenvalue weighted by molar-refractivity contribution is -0.000948. The van der Waals surface area contributed by atoms with Crippen LogP contribution in [-0.2, 0) is 24.1 Å². The summed E-state index contributed by atoms with van der Waals surface area (Å²) >= 11 is 0. The van der Waals surface area contributed by atoms with E-state index in [-0.39, 0.29) is 11.1 Å². The number of benzene rings is 3. The number of aromatic carboxylic acids is 1. The van der Waals surface area contributed by atoms with E-state index in [2.05, 4.69) is 11.0 Å². The summed E-state index contributed by atoms with van der Waals surface area (Å²) in [4.78, 5) is 27.6. The van der Waals surface area contributed by atoms with Gasteiger partial charge in [-0.05, 0) is 71.8 Å². The van der Waals surface area contributed by atoms with Crippen LogP contribution >= 0.6 is 0 Å². The fourth-order valence-corrected chi connectivity index (χ4v) is 6.01. The van der Waals surface area contributed by atoms with Crippen molar-refractivity contribution in [2.75, 3.05) is 24.5 Å². The van der Waals surface area contributed by atoms with Crippen molar-refractivity contribution in [3.8, 4) is 11.1 Å². The number of carboxylic acid groups (broad SMARTS) is 1. The monoisotopic (exact) mass is 536 g/mol. The van der Waals surface area contributed by atoms with Gasteiger partial charge in [0.1, 0.15) is 11.4 Å². The second-order valence-electron chi connectivity index (χ2n) is 10.6. The molecule has 3 aromatic carbocycles. The van der Waals surface area contributed by atoms with Crippen molar-refractivity contribution in [1.29, 1.82) is 0 Å². The molecule has 3 aliphatic rings. The van der Waals surface area contributed by atoms with Crippen molar-refractivity contribution in [3.63, 3.8) is 0 Å². The van der Waals surface area contributed by atoms with Crippen molar-refractivity contribution < 1.29 is 32.6 Å². The number of rotatable bonds is 5. The van der Waals surface area contributed by atoms with Gasteiger partial charge in [0, 0.05) is 49.8 Å². The molecular weight excluding hydrogens is 509 g/mol. The van der Waals surface area contributed by atoms with E-state index >= 15 is 0 Å². The largest absolute Gasteiger partial charge is 0.478 e.